The molecule has 178 valence electrons. The maximum Gasteiger partial charge on any atom is 0.324 e. The summed E-state index contributed by atoms with van der Waals surface area (Å²) < 4.78 is 11.0. The van der Waals surface area contributed by atoms with E-state index < -0.39 is 6.04 Å². The molecule has 1 aromatic heterocycles. The minimum atomic E-state index is -0.463. The van der Waals surface area contributed by atoms with Gasteiger partial charge in [0.15, 0.2) is 0 Å². The largest absolute Gasteiger partial charge is 0.489 e. The number of fused-ring (bicyclic) bond motifs is 1. The van der Waals surface area contributed by atoms with Crippen LogP contribution >= 0.6 is 0 Å². The van der Waals surface area contributed by atoms with E-state index in [1.807, 2.05) is 37.3 Å². The van der Waals surface area contributed by atoms with Gasteiger partial charge in [0.2, 0.25) is 0 Å². The Hall–Kier alpha value is -3.45. The number of benzene rings is 2. The molecule has 0 radical (unpaired) electrons. The van der Waals surface area contributed by atoms with Crippen LogP contribution in [0.15, 0.2) is 54.6 Å². The van der Waals surface area contributed by atoms with Gasteiger partial charge in [-0.1, -0.05) is 24.6 Å². The molecule has 1 amide bonds. The summed E-state index contributed by atoms with van der Waals surface area (Å²) in [7, 11) is 1.38. The monoisotopic (exact) mass is 461 g/mol. The summed E-state index contributed by atoms with van der Waals surface area (Å²) in [6.07, 6.45) is 3.28. The molecule has 1 atom stereocenters. The van der Waals surface area contributed by atoms with Crippen molar-refractivity contribution < 1.29 is 19.1 Å². The van der Waals surface area contributed by atoms with Crippen LogP contribution in [0.25, 0.3) is 10.9 Å². The zero-order valence-electron chi connectivity index (χ0n) is 19.8. The van der Waals surface area contributed by atoms with Gasteiger partial charge in [-0.15, -0.1) is 0 Å². The summed E-state index contributed by atoms with van der Waals surface area (Å²) in [5.41, 5.74) is 3.47. The van der Waals surface area contributed by atoms with Crippen LogP contribution in [0.4, 0.5) is 0 Å². The Kier molecular flexibility index (Phi) is 7.75. The van der Waals surface area contributed by atoms with Crippen LogP contribution in [0.3, 0.4) is 0 Å². The summed E-state index contributed by atoms with van der Waals surface area (Å²) in [4.78, 5) is 31.6. The minimum absolute atomic E-state index is 0.220. The number of hydrogen-bond acceptors (Lipinski definition) is 6. The molecule has 1 fully saturated rings. The molecule has 7 heteroatoms. The lowest BCUT2D eigenvalue weighted by atomic mass is 10.1. The minimum Gasteiger partial charge on any atom is -0.489 e. The third kappa shape index (κ3) is 5.72. The van der Waals surface area contributed by atoms with Crippen LogP contribution in [-0.2, 0) is 16.1 Å². The number of nitrogens with zero attached hydrogens (tertiary/aromatic N) is 2. The molecule has 3 aromatic rings. The number of para-hydroxylation sites is 1. The van der Waals surface area contributed by atoms with Crippen LogP contribution in [0, 0.1) is 6.92 Å². The predicted molar refractivity (Wildman–Crippen MR) is 131 cm³/mol. The molecule has 1 saturated heterocycles. The maximum atomic E-state index is 12.7. The van der Waals surface area contributed by atoms with Gasteiger partial charge in [-0.25, -0.2) is 0 Å². The number of amides is 1. The molecule has 34 heavy (non-hydrogen) atoms. The number of hydrogen-bond donors (Lipinski definition) is 1. The fourth-order valence-corrected chi connectivity index (χ4v) is 4.40. The number of rotatable bonds is 8. The molecule has 0 aliphatic carbocycles. The van der Waals surface area contributed by atoms with E-state index >= 15 is 0 Å². The highest BCUT2D eigenvalue weighted by Gasteiger charge is 2.28. The molecular weight excluding hydrogens is 430 g/mol. The van der Waals surface area contributed by atoms with Crippen molar-refractivity contribution in [3.05, 3.63) is 71.4 Å². The van der Waals surface area contributed by atoms with Gasteiger partial charge in [0, 0.05) is 28.8 Å². The fourth-order valence-electron chi connectivity index (χ4n) is 4.40. The second-order valence-electron chi connectivity index (χ2n) is 8.60. The van der Waals surface area contributed by atoms with Crippen molar-refractivity contribution in [1.29, 1.82) is 0 Å². The van der Waals surface area contributed by atoms with E-state index in [1.165, 1.54) is 13.5 Å². The van der Waals surface area contributed by atoms with Gasteiger partial charge in [-0.3, -0.25) is 19.5 Å². The molecule has 1 aliphatic rings. The van der Waals surface area contributed by atoms with Gasteiger partial charge in [0.25, 0.3) is 5.91 Å². The number of carbonyl (C=O) groups is 2. The fraction of sp³-hybridized carbons (Fsp3) is 0.370. The van der Waals surface area contributed by atoms with Crippen molar-refractivity contribution in [1.82, 2.24) is 15.2 Å². The number of esters is 1. The smallest absolute Gasteiger partial charge is 0.324 e. The van der Waals surface area contributed by atoms with Crippen molar-refractivity contribution >= 4 is 22.8 Å². The number of aromatic nitrogens is 1. The Morgan fingerprint density at radius 1 is 1.06 bits per heavy atom. The molecule has 0 spiro atoms. The van der Waals surface area contributed by atoms with Crippen LogP contribution in [0.1, 0.15) is 40.9 Å². The Labute approximate surface area is 200 Å². The van der Waals surface area contributed by atoms with E-state index in [0.29, 0.717) is 17.9 Å². The number of likely N-dealkylation sites (tertiary alicyclic amines) is 1. The molecule has 2 heterocycles. The molecule has 0 bridgehead atoms. The Morgan fingerprint density at radius 2 is 1.79 bits per heavy atom. The summed E-state index contributed by atoms with van der Waals surface area (Å²) in [5.74, 6) is 0.133. The molecule has 7 nitrogen and oxygen atoms in total. The summed E-state index contributed by atoms with van der Waals surface area (Å²) in [5, 5.41) is 3.95. The van der Waals surface area contributed by atoms with E-state index in [4.69, 9.17) is 9.47 Å². The van der Waals surface area contributed by atoms with Gasteiger partial charge in [0.05, 0.1) is 12.6 Å². The first-order chi connectivity index (χ1) is 16.5. The zero-order valence-corrected chi connectivity index (χ0v) is 19.8. The van der Waals surface area contributed by atoms with Gasteiger partial charge < -0.3 is 14.8 Å². The summed E-state index contributed by atoms with van der Waals surface area (Å²) in [6, 6.07) is 16.6. The lowest BCUT2D eigenvalue weighted by Crippen LogP contribution is -2.50. The highest BCUT2D eigenvalue weighted by molar-refractivity contribution is 5.94. The first-order valence-corrected chi connectivity index (χ1v) is 11.7. The van der Waals surface area contributed by atoms with Crippen LogP contribution in [0.5, 0.6) is 5.75 Å². The van der Waals surface area contributed by atoms with Gasteiger partial charge in [-0.05, 0) is 69.3 Å². The lowest BCUT2D eigenvalue weighted by molar-refractivity contribution is -0.147. The summed E-state index contributed by atoms with van der Waals surface area (Å²) >= 11 is 0. The SMILES string of the molecule is COC(=O)C(CNC(=O)c1ccc(OCc2cc(C)nc3ccccc23)cc1)N1CCCCC1. The number of carbonyl (C=O) groups excluding carboxylic acids is 2. The molecule has 0 saturated carbocycles. The number of nitrogens with one attached hydrogen (secondary N) is 1. The molecule has 1 aliphatic heterocycles. The highest BCUT2D eigenvalue weighted by Crippen LogP contribution is 2.21. The van der Waals surface area contributed by atoms with Crippen molar-refractivity contribution in [2.75, 3.05) is 26.7 Å². The van der Waals surface area contributed by atoms with Crippen LogP contribution in [0.2, 0.25) is 0 Å². The maximum absolute atomic E-state index is 12.7. The Morgan fingerprint density at radius 3 is 2.53 bits per heavy atom. The number of pyridine rings is 1. The van der Waals surface area contributed by atoms with Gasteiger partial charge in [-0.2, -0.15) is 0 Å². The van der Waals surface area contributed by atoms with Crippen LogP contribution < -0.4 is 10.1 Å². The number of aryl methyl sites for hydroxylation is 1. The topological polar surface area (TPSA) is 80.8 Å². The standard InChI is InChI=1S/C27H31N3O4/c1-19-16-21(23-8-4-5-9-24(23)29-19)18-34-22-12-10-20(11-13-22)26(31)28-17-25(27(32)33-2)30-14-6-3-7-15-30/h4-5,8-13,16,25H,3,6-7,14-15,17-18H2,1-2H3,(H,28,31). The third-order valence-corrected chi connectivity index (χ3v) is 6.20. The number of piperidine rings is 1. The second-order valence-corrected chi connectivity index (χ2v) is 8.60. The third-order valence-electron chi connectivity index (χ3n) is 6.20. The average Bonchev–Trinajstić information content (AvgIpc) is 2.88. The van der Waals surface area contributed by atoms with E-state index in [2.05, 4.69) is 15.2 Å². The quantitative estimate of drug-likeness (QED) is 0.513. The Bertz CT molecular complexity index is 1140. The van der Waals surface area contributed by atoms with E-state index in [-0.39, 0.29) is 18.4 Å². The number of methoxy groups -OCH3 is 1. The van der Waals surface area contributed by atoms with E-state index in [0.717, 1.165) is 48.1 Å². The normalized spacial score (nSPS) is 15.0. The van der Waals surface area contributed by atoms with E-state index in [9.17, 15) is 9.59 Å². The molecule has 4 rings (SSSR count). The lowest BCUT2D eigenvalue weighted by Gasteiger charge is -2.32. The van der Waals surface area contributed by atoms with Crippen molar-refractivity contribution in [3.8, 4) is 5.75 Å². The molecule has 1 unspecified atom stereocenters. The first kappa shape index (κ1) is 23.7. The number of ether oxygens (including phenoxy) is 2. The first-order valence-electron chi connectivity index (χ1n) is 11.7. The molecule has 1 N–H and O–H groups in total. The molecule has 2 aromatic carbocycles. The second kappa shape index (κ2) is 11.1. The van der Waals surface area contributed by atoms with Crippen molar-refractivity contribution in [2.24, 2.45) is 0 Å². The van der Waals surface area contributed by atoms with Crippen molar-refractivity contribution in [2.45, 2.75) is 38.8 Å². The van der Waals surface area contributed by atoms with E-state index in [1.54, 1.807) is 24.3 Å². The molecular formula is C27H31N3O4. The highest BCUT2D eigenvalue weighted by atomic mass is 16.5. The predicted octanol–water partition coefficient (Wildman–Crippen LogP) is 3.88. The average molecular weight is 462 g/mol. The van der Waals surface area contributed by atoms with Crippen LogP contribution in [-0.4, -0.2) is 54.5 Å². The van der Waals surface area contributed by atoms with Gasteiger partial charge >= 0.3 is 5.97 Å². The van der Waals surface area contributed by atoms with Crippen molar-refractivity contribution in [3.63, 3.8) is 0 Å². The summed E-state index contributed by atoms with van der Waals surface area (Å²) in [6.45, 7) is 4.28. The zero-order chi connectivity index (χ0) is 23.9. The van der Waals surface area contributed by atoms with Gasteiger partial charge in [0.1, 0.15) is 18.4 Å². The Balaban J connectivity index is 1.36.